The van der Waals surface area contributed by atoms with Crippen LogP contribution in [0.25, 0.3) is 0 Å². The predicted molar refractivity (Wildman–Crippen MR) is 332 cm³/mol. The molecule has 0 radical (unpaired) electrons. The van der Waals surface area contributed by atoms with E-state index in [1.807, 2.05) is 6.08 Å². The van der Waals surface area contributed by atoms with Gasteiger partial charge in [0.25, 0.3) is 0 Å². The lowest BCUT2D eigenvalue weighted by Gasteiger charge is -2.48. The molecule has 0 aliphatic carbocycles. The Morgan fingerprint density at radius 3 is 1.26 bits per heavy atom. The first kappa shape index (κ1) is 78.0. The molecule has 3 saturated heterocycles. The zero-order chi connectivity index (χ0) is 62.6. The Balaban J connectivity index is 1.47. The lowest BCUT2D eigenvalue weighted by molar-refractivity contribution is -0.379. The number of amides is 1. The van der Waals surface area contributed by atoms with Gasteiger partial charge in [0.2, 0.25) is 5.91 Å². The maximum Gasteiger partial charge on any atom is 0.220 e. The van der Waals surface area contributed by atoms with Gasteiger partial charge in [-0.15, -0.1) is 0 Å². The molecule has 0 aromatic rings. The second-order valence-electron chi connectivity index (χ2n) is 24.3. The third-order valence-corrected chi connectivity index (χ3v) is 16.8. The number of aliphatic hydroxyl groups is 11. The SMILES string of the molecule is CCCCC/C=C\C/C=C\CCCCCCCCCC(=O)NC(COC1OC(CO)C(OC2OC(CO)C(OC3OC(CO)C(O)C(O)C3O)C(O)C2O)C(O)C1O)C(O)/C=C/CC/C=C/CCCCCCCCCCCCCCCCCCCC. The van der Waals surface area contributed by atoms with Gasteiger partial charge in [0.1, 0.15) is 73.2 Å². The quantitative estimate of drug-likeness (QED) is 0.0202. The van der Waals surface area contributed by atoms with E-state index < -0.39 is 124 Å². The standard InChI is InChI=1S/C67H121NO18/c1-3-5-7-9-11-13-15-17-19-21-22-23-24-25-26-27-29-30-32-34-36-38-40-42-44-51(72)50(68-55(73)45-43-41-39-37-35-33-31-28-20-18-16-14-12-10-8-6-4-2)49-81-65-61(79)58(76)63(53(47-70)83-65)86-67-62(80)59(77)64(54(48-71)84-67)85-66-60(78)57(75)56(74)52(46-69)82-66/h12,14,18,20,34,36,42,44,50-54,56-67,69-72,74-80H,3-11,13,15-17,19,21-33,35,37-41,43,45-49H2,1-2H3,(H,68,73)/b14-12-,20-18-,36-34+,44-42+. The van der Waals surface area contributed by atoms with Gasteiger partial charge in [0.15, 0.2) is 18.9 Å². The first-order valence-corrected chi connectivity index (χ1v) is 33.9. The van der Waals surface area contributed by atoms with Crippen molar-refractivity contribution in [3.05, 3.63) is 48.6 Å². The van der Waals surface area contributed by atoms with Crippen LogP contribution in [-0.4, -0.2) is 193 Å². The third kappa shape index (κ3) is 31.7. The monoisotopic (exact) mass is 1230 g/mol. The van der Waals surface area contributed by atoms with E-state index in [0.717, 1.165) is 77.0 Å². The van der Waals surface area contributed by atoms with Crippen LogP contribution in [0.4, 0.5) is 0 Å². The first-order valence-electron chi connectivity index (χ1n) is 33.9. The highest BCUT2D eigenvalue weighted by Gasteiger charge is 2.53. The van der Waals surface area contributed by atoms with E-state index in [1.54, 1.807) is 6.08 Å². The average Bonchev–Trinajstić information content (AvgIpc) is 2.24. The fraction of sp³-hybridized carbons (Fsp3) is 0.866. The van der Waals surface area contributed by atoms with Crippen LogP contribution < -0.4 is 5.32 Å². The molecule has 0 aromatic carbocycles. The topological polar surface area (TPSA) is 307 Å². The number of ether oxygens (including phenoxy) is 6. The number of hydrogen-bond acceptors (Lipinski definition) is 18. The largest absolute Gasteiger partial charge is 0.394 e. The molecule has 0 saturated carbocycles. The van der Waals surface area contributed by atoms with Crippen LogP contribution in [0.5, 0.6) is 0 Å². The van der Waals surface area contributed by atoms with E-state index in [1.165, 1.54) is 128 Å². The minimum atomic E-state index is -1.98. The molecule has 0 spiro atoms. The Bertz CT molecular complexity index is 1750. The van der Waals surface area contributed by atoms with Crippen molar-refractivity contribution in [3.8, 4) is 0 Å². The second kappa shape index (κ2) is 49.5. The lowest BCUT2D eigenvalue weighted by Crippen LogP contribution is -2.66. The molecular formula is C67H121NO18. The second-order valence-corrected chi connectivity index (χ2v) is 24.3. The maximum absolute atomic E-state index is 13.4. The van der Waals surface area contributed by atoms with E-state index >= 15 is 0 Å². The summed E-state index contributed by atoms with van der Waals surface area (Å²) in [7, 11) is 0. The van der Waals surface area contributed by atoms with E-state index in [-0.39, 0.29) is 18.9 Å². The zero-order valence-electron chi connectivity index (χ0n) is 52.8. The van der Waals surface area contributed by atoms with Crippen LogP contribution in [0.1, 0.15) is 239 Å². The number of rotatable bonds is 51. The van der Waals surface area contributed by atoms with Crippen molar-refractivity contribution in [2.24, 2.45) is 0 Å². The highest BCUT2D eigenvalue weighted by molar-refractivity contribution is 5.76. The summed E-state index contributed by atoms with van der Waals surface area (Å²) in [5.41, 5.74) is 0. The van der Waals surface area contributed by atoms with Gasteiger partial charge in [-0.2, -0.15) is 0 Å². The molecule has 17 atom stereocenters. The number of nitrogens with one attached hydrogen (secondary N) is 1. The van der Waals surface area contributed by atoms with Gasteiger partial charge in [0, 0.05) is 6.42 Å². The van der Waals surface area contributed by atoms with Crippen LogP contribution in [0, 0.1) is 0 Å². The van der Waals surface area contributed by atoms with Gasteiger partial charge in [0.05, 0.1) is 38.6 Å². The third-order valence-electron chi connectivity index (χ3n) is 16.8. The Morgan fingerprint density at radius 2 is 0.779 bits per heavy atom. The minimum Gasteiger partial charge on any atom is -0.394 e. The number of aliphatic hydroxyl groups excluding tert-OH is 11. The number of carbonyl (C=O) groups excluding carboxylic acids is 1. The molecule has 12 N–H and O–H groups in total. The maximum atomic E-state index is 13.4. The van der Waals surface area contributed by atoms with E-state index in [4.69, 9.17) is 28.4 Å². The molecular weight excluding hydrogens is 1110 g/mol. The Kier molecular flexibility index (Phi) is 44.8. The minimum absolute atomic E-state index is 0.226. The lowest BCUT2D eigenvalue weighted by atomic mass is 9.96. The van der Waals surface area contributed by atoms with Crippen molar-refractivity contribution in [1.29, 1.82) is 0 Å². The van der Waals surface area contributed by atoms with E-state index in [9.17, 15) is 61.0 Å². The van der Waals surface area contributed by atoms with Crippen LogP contribution in [0.15, 0.2) is 48.6 Å². The van der Waals surface area contributed by atoms with Crippen molar-refractivity contribution >= 4 is 5.91 Å². The van der Waals surface area contributed by atoms with E-state index in [2.05, 4.69) is 55.6 Å². The number of carbonyl (C=O) groups is 1. The Labute approximate surface area is 516 Å². The summed E-state index contributed by atoms with van der Waals surface area (Å²) < 4.78 is 34.3. The van der Waals surface area contributed by atoms with Crippen molar-refractivity contribution in [3.63, 3.8) is 0 Å². The van der Waals surface area contributed by atoms with Gasteiger partial charge in [-0.3, -0.25) is 4.79 Å². The smallest absolute Gasteiger partial charge is 0.220 e. The van der Waals surface area contributed by atoms with Crippen LogP contribution in [0.3, 0.4) is 0 Å². The summed E-state index contributed by atoms with van der Waals surface area (Å²) >= 11 is 0. The normalized spacial score (nSPS) is 29.1. The van der Waals surface area contributed by atoms with Gasteiger partial charge < -0.3 is 89.9 Å². The summed E-state index contributed by atoms with van der Waals surface area (Å²) in [4.78, 5) is 13.4. The zero-order valence-corrected chi connectivity index (χ0v) is 52.8. The van der Waals surface area contributed by atoms with Gasteiger partial charge in [-0.25, -0.2) is 0 Å². The molecule has 3 fully saturated rings. The Morgan fingerprint density at radius 1 is 0.419 bits per heavy atom. The van der Waals surface area contributed by atoms with Crippen molar-refractivity contribution in [2.75, 3.05) is 26.4 Å². The molecule has 19 nitrogen and oxygen atoms in total. The van der Waals surface area contributed by atoms with Gasteiger partial charge >= 0.3 is 0 Å². The molecule has 19 heteroatoms. The molecule has 0 aromatic heterocycles. The number of unbranched alkanes of at least 4 members (excludes halogenated alkanes) is 29. The molecule has 502 valence electrons. The van der Waals surface area contributed by atoms with Crippen LogP contribution in [0.2, 0.25) is 0 Å². The first-order chi connectivity index (χ1) is 41.8. The molecule has 1 amide bonds. The molecule has 0 bridgehead atoms. The highest BCUT2D eigenvalue weighted by atomic mass is 16.8. The molecule has 3 aliphatic rings. The average molecular weight is 1230 g/mol. The summed E-state index contributed by atoms with van der Waals surface area (Å²) in [5, 5.41) is 120. The molecule has 3 heterocycles. The molecule has 3 aliphatic heterocycles. The summed E-state index contributed by atoms with van der Waals surface area (Å²) in [6, 6.07) is -0.995. The number of allylic oxidation sites excluding steroid dienone is 7. The van der Waals surface area contributed by atoms with Crippen molar-refractivity contribution in [1.82, 2.24) is 5.32 Å². The fourth-order valence-electron chi connectivity index (χ4n) is 11.3. The van der Waals surface area contributed by atoms with Gasteiger partial charge in [-0.1, -0.05) is 217 Å². The van der Waals surface area contributed by atoms with Crippen molar-refractivity contribution in [2.45, 2.75) is 343 Å². The van der Waals surface area contributed by atoms with Gasteiger partial charge in [-0.05, 0) is 64.2 Å². The summed E-state index contributed by atoms with van der Waals surface area (Å²) in [5.74, 6) is -0.293. The van der Waals surface area contributed by atoms with Crippen molar-refractivity contribution < 1.29 is 89.4 Å². The van der Waals surface area contributed by atoms with Crippen LogP contribution >= 0.6 is 0 Å². The summed E-state index contributed by atoms with van der Waals surface area (Å²) in [6.45, 7) is 1.69. The van der Waals surface area contributed by atoms with Crippen LogP contribution in [-0.2, 0) is 33.2 Å². The highest BCUT2D eigenvalue weighted by Crippen LogP contribution is 2.33. The Hall–Kier alpha value is -2.25. The predicted octanol–water partition coefficient (Wildman–Crippen LogP) is 8.22. The molecule has 17 unspecified atom stereocenters. The fourth-order valence-corrected chi connectivity index (χ4v) is 11.3. The number of hydrogen-bond donors (Lipinski definition) is 12. The molecule has 86 heavy (non-hydrogen) atoms. The summed E-state index contributed by atoms with van der Waals surface area (Å²) in [6.07, 6.45) is 30.9. The molecule has 3 rings (SSSR count). The van der Waals surface area contributed by atoms with E-state index in [0.29, 0.717) is 12.8 Å².